The second-order valence-corrected chi connectivity index (χ2v) is 5.88. The van der Waals surface area contributed by atoms with Gasteiger partial charge in [-0.3, -0.25) is 14.5 Å². The average molecular weight is 361 g/mol. The molecule has 112 valence electrons. The zero-order chi connectivity index (χ0) is 15.9. The molecule has 0 spiro atoms. The molecule has 3 rings (SSSR count). The molecule has 0 bridgehead atoms. The van der Waals surface area contributed by atoms with E-state index in [0.29, 0.717) is 15.7 Å². The Balaban J connectivity index is 1.92. The van der Waals surface area contributed by atoms with Crippen molar-refractivity contribution in [3.63, 3.8) is 0 Å². The van der Waals surface area contributed by atoms with E-state index in [0.717, 1.165) is 11.3 Å². The molecule has 1 aliphatic heterocycles. The van der Waals surface area contributed by atoms with Crippen LogP contribution in [0.3, 0.4) is 0 Å². The maximum absolute atomic E-state index is 12.5. The molecular weight excluding hydrogens is 348 g/mol. The number of nitrogens with two attached hydrogens (primary N) is 1. The van der Waals surface area contributed by atoms with E-state index in [1.165, 1.54) is 4.90 Å². The Morgan fingerprint density at radius 2 is 1.82 bits per heavy atom. The molecule has 0 aromatic heterocycles. The monoisotopic (exact) mass is 360 g/mol. The number of imide groups is 1. The summed E-state index contributed by atoms with van der Waals surface area (Å²) in [5.74, 6) is 0.0314. The molecule has 2 N–H and O–H groups in total. The van der Waals surface area contributed by atoms with Gasteiger partial charge in [0.05, 0.1) is 24.8 Å². The van der Waals surface area contributed by atoms with Gasteiger partial charge < -0.3 is 10.5 Å². The van der Waals surface area contributed by atoms with Crippen molar-refractivity contribution in [3.05, 3.63) is 57.6 Å². The van der Waals surface area contributed by atoms with Gasteiger partial charge in [-0.05, 0) is 29.8 Å². The van der Waals surface area contributed by atoms with Gasteiger partial charge in [0.15, 0.2) is 0 Å². The molecule has 2 aromatic carbocycles. The van der Waals surface area contributed by atoms with Gasteiger partial charge in [-0.1, -0.05) is 28.1 Å². The fraction of sp³-hybridized carbons (Fsp3) is 0.125. The Bertz CT molecular complexity index is 772. The van der Waals surface area contributed by atoms with Gasteiger partial charge in [0, 0.05) is 10.2 Å². The van der Waals surface area contributed by atoms with Crippen molar-refractivity contribution in [2.45, 2.75) is 6.54 Å². The van der Waals surface area contributed by atoms with Crippen LogP contribution in [0.15, 0.2) is 40.9 Å². The molecule has 6 heteroatoms. The Morgan fingerprint density at radius 1 is 1.14 bits per heavy atom. The number of benzene rings is 2. The summed E-state index contributed by atoms with van der Waals surface area (Å²) in [4.78, 5) is 26.1. The second-order valence-electron chi connectivity index (χ2n) is 4.96. The molecular formula is C16H13BrN2O3. The van der Waals surface area contributed by atoms with Crippen molar-refractivity contribution in [1.82, 2.24) is 4.90 Å². The Morgan fingerprint density at radius 3 is 2.45 bits per heavy atom. The first-order chi connectivity index (χ1) is 10.5. The number of ether oxygens (including phenoxy) is 1. The first-order valence-corrected chi connectivity index (χ1v) is 7.38. The van der Waals surface area contributed by atoms with Crippen molar-refractivity contribution in [3.8, 4) is 5.75 Å². The zero-order valence-corrected chi connectivity index (χ0v) is 13.4. The number of fused-ring (bicyclic) bond motifs is 1. The molecule has 1 heterocycles. The summed E-state index contributed by atoms with van der Waals surface area (Å²) in [7, 11) is 1.58. The highest BCUT2D eigenvalue weighted by molar-refractivity contribution is 9.10. The molecule has 0 saturated carbocycles. The van der Waals surface area contributed by atoms with Crippen LogP contribution in [0.2, 0.25) is 0 Å². The van der Waals surface area contributed by atoms with Crippen LogP contribution in [-0.4, -0.2) is 23.8 Å². The molecule has 0 fully saturated rings. The van der Waals surface area contributed by atoms with Crippen molar-refractivity contribution >= 4 is 33.4 Å². The first-order valence-electron chi connectivity index (χ1n) is 6.59. The normalized spacial score (nSPS) is 13.5. The van der Waals surface area contributed by atoms with Crippen molar-refractivity contribution in [1.29, 1.82) is 0 Å². The summed E-state index contributed by atoms with van der Waals surface area (Å²) >= 11 is 3.29. The van der Waals surface area contributed by atoms with E-state index >= 15 is 0 Å². The lowest BCUT2D eigenvalue weighted by molar-refractivity contribution is 0.0642. The Hall–Kier alpha value is -2.34. The number of methoxy groups -OCH3 is 1. The van der Waals surface area contributed by atoms with Crippen LogP contribution in [0.4, 0.5) is 5.69 Å². The summed E-state index contributed by atoms with van der Waals surface area (Å²) in [6, 6.07) is 10.5. The van der Waals surface area contributed by atoms with Gasteiger partial charge in [0.2, 0.25) is 0 Å². The molecule has 1 aliphatic rings. The van der Waals surface area contributed by atoms with E-state index in [-0.39, 0.29) is 23.9 Å². The van der Waals surface area contributed by atoms with Gasteiger partial charge in [-0.25, -0.2) is 0 Å². The van der Waals surface area contributed by atoms with Gasteiger partial charge in [0.25, 0.3) is 11.8 Å². The molecule has 0 radical (unpaired) electrons. The fourth-order valence-corrected chi connectivity index (χ4v) is 2.94. The summed E-state index contributed by atoms with van der Waals surface area (Å²) < 4.78 is 5.77. The van der Waals surface area contributed by atoms with Crippen LogP contribution in [-0.2, 0) is 6.54 Å². The summed E-state index contributed by atoms with van der Waals surface area (Å²) in [6.07, 6.45) is 0. The molecule has 0 atom stereocenters. The Labute approximate surface area is 135 Å². The number of nitrogen functional groups attached to an aromatic ring is 1. The maximum Gasteiger partial charge on any atom is 0.263 e. The minimum absolute atomic E-state index is 0.202. The average Bonchev–Trinajstić information content (AvgIpc) is 2.73. The minimum Gasteiger partial charge on any atom is -0.497 e. The summed E-state index contributed by atoms with van der Waals surface area (Å²) in [5.41, 5.74) is 7.64. The van der Waals surface area contributed by atoms with Crippen LogP contribution in [0.5, 0.6) is 5.75 Å². The highest BCUT2D eigenvalue weighted by Crippen LogP contribution is 2.32. The number of carbonyl (C=O) groups is 2. The van der Waals surface area contributed by atoms with E-state index in [1.807, 2.05) is 12.1 Å². The molecule has 2 amide bonds. The fourth-order valence-electron chi connectivity index (χ4n) is 2.47. The number of carbonyl (C=O) groups excluding carboxylic acids is 2. The molecule has 0 unspecified atom stereocenters. The van der Waals surface area contributed by atoms with Crippen LogP contribution < -0.4 is 10.5 Å². The largest absolute Gasteiger partial charge is 0.497 e. The van der Waals surface area contributed by atoms with E-state index in [2.05, 4.69) is 15.9 Å². The lowest BCUT2D eigenvalue weighted by Crippen LogP contribution is -2.29. The predicted octanol–water partition coefficient (Wildman–Crippen LogP) is 2.84. The second kappa shape index (κ2) is 5.46. The van der Waals surface area contributed by atoms with E-state index in [4.69, 9.17) is 10.5 Å². The number of halogens is 1. The summed E-state index contributed by atoms with van der Waals surface area (Å²) in [6.45, 7) is 0.202. The molecule has 0 aliphatic carbocycles. The predicted molar refractivity (Wildman–Crippen MR) is 85.8 cm³/mol. The summed E-state index contributed by atoms with van der Waals surface area (Å²) in [5, 5.41) is 0. The zero-order valence-electron chi connectivity index (χ0n) is 11.8. The number of hydrogen-bond acceptors (Lipinski definition) is 4. The molecule has 5 nitrogen and oxygen atoms in total. The number of nitrogens with zero attached hydrogens (tertiary/aromatic N) is 1. The van der Waals surface area contributed by atoms with E-state index in [9.17, 15) is 9.59 Å². The minimum atomic E-state index is -0.360. The Kier molecular flexibility index (Phi) is 3.62. The maximum atomic E-state index is 12.5. The third-order valence-corrected chi connectivity index (χ3v) is 4.03. The number of rotatable bonds is 3. The van der Waals surface area contributed by atoms with Crippen LogP contribution in [0.25, 0.3) is 0 Å². The topological polar surface area (TPSA) is 72.6 Å². The van der Waals surface area contributed by atoms with Crippen LogP contribution in [0, 0.1) is 0 Å². The van der Waals surface area contributed by atoms with Gasteiger partial charge in [0.1, 0.15) is 5.75 Å². The van der Waals surface area contributed by atoms with Crippen LogP contribution >= 0.6 is 15.9 Å². The molecule has 2 aromatic rings. The lowest BCUT2D eigenvalue weighted by Gasteiger charge is -2.14. The lowest BCUT2D eigenvalue weighted by atomic mass is 10.1. The number of hydrogen-bond donors (Lipinski definition) is 1. The van der Waals surface area contributed by atoms with Crippen LogP contribution in [0.1, 0.15) is 26.3 Å². The van der Waals surface area contributed by atoms with E-state index < -0.39 is 0 Å². The van der Waals surface area contributed by atoms with Crippen molar-refractivity contribution < 1.29 is 14.3 Å². The van der Waals surface area contributed by atoms with Gasteiger partial charge in [-0.2, -0.15) is 0 Å². The van der Waals surface area contributed by atoms with Crippen molar-refractivity contribution in [2.24, 2.45) is 0 Å². The van der Waals surface area contributed by atoms with E-state index in [1.54, 1.807) is 31.4 Å². The van der Waals surface area contributed by atoms with Gasteiger partial charge in [-0.15, -0.1) is 0 Å². The smallest absolute Gasteiger partial charge is 0.263 e. The standard InChI is InChI=1S/C16H13BrN2O3/c1-22-11-4-2-9(3-5-11)8-19-15(20)12-6-10(17)7-13(18)14(12)16(19)21/h2-7H,8,18H2,1H3. The van der Waals surface area contributed by atoms with Gasteiger partial charge >= 0.3 is 0 Å². The first kappa shape index (κ1) is 14.6. The molecule has 22 heavy (non-hydrogen) atoms. The quantitative estimate of drug-likeness (QED) is 0.674. The number of anilines is 1. The third-order valence-electron chi connectivity index (χ3n) is 3.57. The molecule has 0 saturated heterocycles. The van der Waals surface area contributed by atoms with Crippen molar-refractivity contribution in [2.75, 3.05) is 12.8 Å². The SMILES string of the molecule is COc1ccc(CN2C(=O)c3cc(Br)cc(N)c3C2=O)cc1. The number of amides is 2. The third kappa shape index (κ3) is 2.35. The highest BCUT2D eigenvalue weighted by atomic mass is 79.9. The highest BCUT2D eigenvalue weighted by Gasteiger charge is 2.37.